The van der Waals surface area contributed by atoms with Gasteiger partial charge in [-0.05, 0) is 19.9 Å². The van der Waals surface area contributed by atoms with Gasteiger partial charge in [-0.15, -0.1) is 0 Å². The minimum atomic E-state index is -2.10. The summed E-state index contributed by atoms with van der Waals surface area (Å²) in [6, 6.07) is -1.08. The van der Waals surface area contributed by atoms with E-state index >= 15 is 0 Å². The van der Waals surface area contributed by atoms with Crippen molar-refractivity contribution in [1.82, 2.24) is 5.48 Å². The first kappa shape index (κ1) is 38.0. The number of aliphatic hydroxyl groups is 5. The van der Waals surface area contributed by atoms with Gasteiger partial charge in [0.25, 0.3) is 5.91 Å². The number of ether oxygens (including phenoxy) is 5. The van der Waals surface area contributed by atoms with E-state index < -0.39 is 97.3 Å². The molecule has 4 rings (SSSR count). The zero-order valence-electron chi connectivity index (χ0n) is 26.9. The van der Waals surface area contributed by atoms with Gasteiger partial charge in [-0.25, -0.2) is 10.3 Å². The van der Waals surface area contributed by atoms with E-state index in [9.17, 15) is 40.3 Å². The smallest absolute Gasteiger partial charge is 0.330 e. The molecular weight excluding hydrogens is 632 g/mol. The molecule has 1 amide bonds. The second kappa shape index (κ2) is 17.2. The second-order valence-electron chi connectivity index (χ2n) is 12.7. The molecule has 0 aromatic heterocycles. The number of cyclic esters (lactones) is 1. The van der Waals surface area contributed by atoms with Crippen LogP contribution >= 0.6 is 0 Å². The highest BCUT2D eigenvalue weighted by atomic mass is 16.7. The van der Waals surface area contributed by atoms with Gasteiger partial charge in [0.05, 0.1) is 54.7 Å². The van der Waals surface area contributed by atoms with Crippen molar-refractivity contribution in [2.75, 3.05) is 0 Å². The summed E-state index contributed by atoms with van der Waals surface area (Å²) < 4.78 is 28.7. The van der Waals surface area contributed by atoms with Crippen molar-refractivity contribution < 1.29 is 64.0 Å². The van der Waals surface area contributed by atoms with Crippen LogP contribution in [-0.2, 0) is 33.3 Å². The van der Waals surface area contributed by atoms with Crippen LogP contribution in [0.3, 0.4) is 0 Å². The van der Waals surface area contributed by atoms with E-state index in [1.165, 1.54) is 17.6 Å². The van der Waals surface area contributed by atoms with Crippen molar-refractivity contribution >= 4 is 11.9 Å². The third-order valence-electron chi connectivity index (χ3n) is 8.70. The van der Waals surface area contributed by atoms with Crippen LogP contribution in [0.4, 0.5) is 0 Å². The summed E-state index contributed by atoms with van der Waals surface area (Å²) in [7, 11) is 0. The molecule has 48 heavy (non-hydrogen) atoms. The van der Waals surface area contributed by atoms with Gasteiger partial charge in [0.2, 0.25) is 0 Å². The molecule has 3 saturated heterocycles. The van der Waals surface area contributed by atoms with Crippen molar-refractivity contribution in [1.29, 1.82) is 0 Å². The number of epoxide rings is 1. The number of carbonyl (C=O) groups excluding carboxylic acids is 2. The van der Waals surface area contributed by atoms with E-state index in [0.29, 0.717) is 6.42 Å². The summed E-state index contributed by atoms with van der Waals surface area (Å²) in [5.41, 5.74) is 7.52. The van der Waals surface area contributed by atoms with Crippen LogP contribution in [0, 0.1) is 5.92 Å². The highest BCUT2D eigenvalue weighted by Gasteiger charge is 2.51. The molecule has 0 aromatic rings. The van der Waals surface area contributed by atoms with E-state index in [1.54, 1.807) is 56.4 Å². The second-order valence-corrected chi connectivity index (χ2v) is 12.7. The summed E-state index contributed by atoms with van der Waals surface area (Å²) in [6.45, 7) is 3.34. The topological polar surface area (TPSA) is 243 Å². The number of hydrogen-bond acceptors (Lipinski definition) is 14. The van der Waals surface area contributed by atoms with E-state index in [2.05, 4.69) is 0 Å². The van der Waals surface area contributed by atoms with E-state index in [-0.39, 0.29) is 25.4 Å². The quantitative estimate of drug-likeness (QED) is 0.0814. The number of esters is 1. The Labute approximate surface area is 278 Å². The summed E-state index contributed by atoms with van der Waals surface area (Å²) in [5.74, 6) is -4.96. The minimum absolute atomic E-state index is 0.0771. The fourth-order valence-electron chi connectivity index (χ4n) is 6.10. The third-order valence-corrected chi connectivity index (χ3v) is 8.70. The molecule has 0 spiro atoms. The van der Waals surface area contributed by atoms with Gasteiger partial charge in [-0.3, -0.25) is 10.0 Å². The molecule has 2 bridgehead atoms. The summed E-state index contributed by atoms with van der Waals surface area (Å²) in [6.07, 6.45) is 5.34. The van der Waals surface area contributed by atoms with Gasteiger partial charge in [0.1, 0.15) is 18.3 Å². The number of nitrogens with two attached hydrogens (primary N) is 1. The fraction of sp³-hybridized carbons (Fsp3) is 0.636. The van der Waals surface area contributed by atoms with Gasteiger partial charge in [-0.1, -0.05) is 48.6 Å². The van der Waals surface area contributed by atoms with Crippen molar-refractivity contribution in [2.24, 2.45) is 11.7 Å². The van der Waals surface area contributed by atoms with Crippen LogP contribution < -0.4 is 11.2 Å². The fourth-order valence-corrected chi connectivity index (χ4v) is 6.10. The zero-order chi connectivity index (χ0) is 35.0. The van der Waals surface area contributed by atoms with E-state index in [4.69, 9.17) is 29.4 Å². The average molecular weight is 681 g/mol. The summed E-state index contributed by atoms with van der Waals surface area (Å²) in [4.78, 5) is 24.9. The lowest BCUT2D eigenvalue weighted by atomic mass is 9.82. The molecule has 4 aliphatic rings. The average Bonchev–Trinajstić information content (AvgIpc) is 3.76. The van der Waals surface area contributed by atoms with Crippen LogP contribution in [-0.4, -0.2) is 122 Å². The first-order chi connectivity index (χ1) is 22.8. The molecule has 15 heteroatoms. The molecule has 4 aliphatic heterocycles. The zero-order valence-corrected chi connectivity index (χ0v) is 26.9. The predicted molar refractivity (Wildman–Crippen MR) is 167 cm³/mol. The number of hydrogen-bond donors (Lipinski definition) is 8. The molecule has 15 nitrogen and oxygen atoms in total. The minimum Gasteiger partial charge on any atom is -0.459 e. The molecule has 0 radical (unpaired) electrons. The lowest BCUT2D eigenvalue weighted by molar-refractivity contribution is -0.307. The van der Waals surface area contributed by atoms with E-state index in [1.807, 2.05) is 6.08 Å². The normalized spacial score (nSPS) is 46.4. The Morgan fingerprint density at radius 2 is 1.67 bits per heavy atom. The molecule has 4 heterocycles. The number of hydroxylamine groups is 1. The number of amides is 1. The first-order valence-corrected chi connectivity index (χ1v) is 16.1. The van der Waals surface area contributed by atoms with Crippen molar-refractivity contribution in [3.05, 3.63) is 60.8 Å². The maximum Gasteiger partial charge on any atom is 0.330 e. The maximum absolute atomic E-state index is 12.7. The summed E-state index contributed by atoms with van der Waals surface area (Å²) in [5, 5.41) is 63.7. The first-order valence-electron chi connectivity index (χ1n) is 16.1. The Hall–Kier alpha value is -2.80. The molecule has 14 atom stereocenters. The lowest BCUT2D eigenvalue weighted by Gasteiger charge is -2.45. The number of carbonyl (C=O) groups is 2. The molecule has 9 N–H and O–H groups in total. The maximum atomic E-state index is 12.7. The number of fused-ring (bicyclic) bond motifs is 3. The number of rotatable bonds is 3. The van der Waals surface area contributed by atoms with Gasteiger partial charge in [0, 0.05) is 38.2 Å². The van der Waals surface area contributed by atoms with Crippen molar-refractivity contribution in [2.45, 2.75) is 125 Å². The molecule has 0 aromatic carbocycles. The molecule has 268 valence electrons. The monoisotopic (exact) mass is 680 g/mol. The van der Waals surface area contributed by atoms with Crippen LogP contribution in [0.1, 0.15) is 46.0 Å². The number of nitrogens with one attached hydrogen (secondary N) is 1. The van der Waals surface area contributed by atoms with Crippen molar-refractivity contribution in [3.63, 3.8) is 0 Å². The van der Waals surface area contributed by atoms with E-state index in [0.717, 1.165) is 0 Å². The Morgan fingerprint density at radius 3 is 2.40 bits per heavy atom. The van der Waals surface area contributed by atoms with Crippen molar-refractivity contribution in [3.8, 4) is 0 Å². The Kier molecular flexibility index (Phi) is 13.6. The Balaban J connectivity index is 1.60. The van der Waals surface area contributed by atoms with Gasteiger partial charge in [-0.2, -0.15) is 0 Å². The largest absolute Gasteiger partial charge is 0.459 e. The number of aliphatic hydroxyl groups excluding tert-OH is 4. The van der Waals surface area contributed by atoms with Crippen LogP contribution in [0.15, 0.2) is 60.8 Å². The van der Waals surface area contributed by atoms with Crippen LogP contribution in [0.5, 0.6) is 0 Å². The third kappa shape index (κ3) is 10.6. The molecule has 0 aliphatic carbocycles. The standard InChI is InChI=1S/C33H48N2O13/c1-18-10-8-6-4-3-5-7-9-11-21(46-32-30(40)28(34)29(39)19(2)45-32)15-25-27(31(41)35-43)22(37)17-33(42,48-25)16-20(36)14-24-23(47-24)12-13-26(38)44-18/h3-9,11-13,18-25,27-30,32,36-37,39-40,42-43H,10,14-17,34H2,1-2H3,(H,35,41)/b4-3+,7-5+,8-6+,11-9+,13-12+/t18-,19-,20+,21+,22?,23?,24-,25?,27-,28+,29-,30+,32?,33?/m1/s1. The van der Waals surface area contributed by atoms with Gasteiger partial charge >= 0.3 is 5.97 Å². The van der Waals surface area contributed by atoms with Crippen LogP contribution in [0.25, 0.3) is 0 Å². The Morgan fingerprint density at radius 1 is 0.958 bits per heavy atom. The molecule has 0 saturated carbocycles. The molecule has 3 fully saturated rings. The lowest BCUT2D eigenvalue weighted by Crippen LogP contribution is -2.62. The molecular formula is C33H48N2O13. The predicted octanol–water partition coefficient (Wildman–Crippen LogP) is -0.459. The van der Waals surface area contributed by atoms with Crippen LogP contribution in [0.2, 0.25) is 0 Å². The number of allylic oxidation sites excluding steroid dienone is 6. The molecule has 5 unspecified atom stereocenters. The Bertz CT molecular complexity index is 1240. The van der Waals surface area contributed by atoms with Gasteiger partial charge in [0.15, 0.2) is 12.1 Å². The highest BCUT2D eigenvalue weighted by Crippen LogP contribution is 2.39. The SMILES string of the molecule is C[C@@H]1C/C=C/C=C/C=C/C=C/[C@H](OC2O[C@H](C)[C@@H](O)[C@H](N)[C@@H]2O)CC2OC(O)(CC(O)[C@H]2C(=O)NO)C[C@@H](O)C[C@H]2OC2/C=C/C(=O)O1. The highest BCUT2D eigenvalue weighted by molar-refractivity contribution is 5.82. The van der Waals surface area contributed by atoms with Gasteiger partial charge < -0.3 is 55.0 Å². The summed E-state index contributed by atoms with van der Waals surface area (Å²) >= 11 is 0.